The van der Waals surface area contributed by atoms with Gasteiger partial charge in [-0.3, -0.25) is 10.1 Å². The third kappa shape index (κ3) is 1.51. The van der Waals surface area contributed by atoms with Crippen LogP contribution in [-0.2, 0) is 0 Å². The van der Waals surface area contributed by atoms with E-state index >= 15 is 0 Å². The molecule has 0 radical (unpaired) electrons. The predicted molar refractivity (Wildman–Crippen MR) is 56.1 cm³/mol. The van der Waals surface area contributed by atoms with Crippen LogP contribution < -0.4 is 0 Å². The summed E-state index contributed by atoms with van der Waals surface area (Å²) in [4.78, 5) is 10.00. The van der Waals surface area contributed by atoms with E-state index in [4.69, 9.17) is 0 Å². The average Bonchev–Trinajstić information content (AvgIpc) is 2.47. The van der Waals surface area contributed by atoms with Gasteiger partial charge in [0.15, 0.2) is 0 Å². The minimum atomic E-state index is -0.477. The lowest BCUT2D eigenvalue weighted by molar-refractivity contribution is -0.380. The molecular weight excluding hydrogens is 273 g/mol. The maximum Gasteiger partial charge on any atom is 0.325 e. The van der Waals surface area contributed by atoms with Gasteiger partial charge < -0.3 is 0 Å². The Balaban J connectivity index is 2.76. The van der Waals surface area contributed by atoms with Gasteiger partial charge >= 0.3 is 5.00 Å². The summed E-state index contributed by atoms with van der Waals surface area (Å²) in [5.41, 5.74) is 0. The first kappa shape index (κ1) is 9.54. The highest BCUT2D eigenvalue weighted by atomic mass is 79.9. The monoisotopic (exact) mass is 275 g/mol. The molecule has 1 aromatic carbocycles. The molecule has 72 valence electrons. The van der Waals surface area contributed by atoms with Gasteiger partial charge in [-0.25, -0.2) is 4.39 Å². The number of benzene rings is 1. The number of hydrogen-bond donors (Lipinski definition) is 0. The SMILES string of the molecule is O=[N+]([O-])c1cc2cc(F)cc(Br)c2s1. The molecule has 0 N–H and O–H groups in total. The van der Waals surface area contributed by atoms with Crippen molar-refractivity contribution in [2.75, 3.05) is 0 Å². The zero-order valence-corrected chi connectivity index (χ0v) is 9.06. The maximum atomic E-state index is 12.9. The molecule has 1 aromatic heterocycles. The summed E-state index contributed by atoms with van der Waals surface area (Å²) < 4.78 is 14.2. The lowest BCUT2D eigenvalue weighted by atomic mass is 10.2. The van der Waals surface area contributed by atoms with E-state index in [1.807, 2.05) is 0 Å². The molecule has 0 bridgehead atoms. The molecule has 0 unspecified atom stereocenters. The van der Waals surface area contributed by atoms with Crippen molar-refractivity contribution in [1.29, 1.82) is 0 Å². The molecule has 3 nitrogen and oxygen atoms in total. The number of fused-ring (bicyclic) bond motifs is 1. The minimum absolute atomic E-state index is 0.0197. The van der Waals surface area contributed by atoms with Crippen LogP contribution in [0.25, 0.3) is 10.1 Å². The van der Waals surface area contributed by atoms with Crippen LogP contribution in [0, 0.1) is 15.9 Å². The fourth-order valence-electron chi connectivity index (χ4n) is 1.15. The highest BCUT2D eigenvalue weighted by molar-refractivity contribution is 9.10. The zero-order chi connectivity index (χ0) is 10.3. The summed E-state index contributed by atoms with van der Waals surface area (Å²) in [6, 6.07) is 3.94. The van der Waals surface area contributed by atoms with Crippen LogP contribution in [-0.4, -0.2) is 4.92 Å². The van der Waals surface area contributed by atoms with Crippen molar-refractivity contribution in [2.45, 2.75) is 0 Å². The highest BCUT2D eigenvalue weighted by Crippen LogP contribution is 2.36. The quantitative estimate of drug-likeness (QED) is 0.588. The van der Waals surface area contributed by atoms with E-state index < -0.39 is 10.7 Å². The Labute approximate surface area is 90.4 Å². The highest BCUT2D eigenvalue weighted by Gasteiger charge is 2.13. The summed E-state index contributed by atoms with van der Waals surface area (Å²) in [6.45, 7) is 0. The molecule has 0 spiro atoms. The standard InChI is InChI=1S/C8H3BrFNO2S/c9-6-3-5(10)1-4-2-7(11(12)13)14-8(4)6/h1-3H. The molecule has 2 aromatic rings. The summed E-state index contributed by atoms with van der Waals surface area (Å²) in [7, 11) is 0. The van der Waals surface area contributed by atoms with Gasteiger partial charge in [-0.1, -0.05) is 11.3 Å². The Morgan fingerprint density at radius 2 is 2.14 bits per heavy atom. The van der Waals surface area contributed by atoms with Crippen molar-refractivity contribution in [2.24, 2.45) is 0 Å². The van der Waals surface area contributed by atoms with Gasteiger partial charge in [0.2, 0.25) is 0 Å². The van der Waals surface area contributed by atoms with Crippen molar-refractivity contribution in [1.82, 2.24) is 0 Å². The smallest absolute Gasteiger partial charge is 0.258 e. The summed E-state index contributed by atoms with van der Waals surface area (Å²) in [6.07, 6.45) is 0. The number of rotatable bonds is 1. The Kier molecular flexibility index (Phi) is 2.24. The van der Waals surface area contributed by atoms with E-state index in [9.17, 15) is 14.5 Å². The van der Waals surface area contributed by atoms with Crippen LogP contribution in [0.5, 0.6) is 0 Å². The first-order valence-electron chi connectivity index (χ1n) is 3.61. The number of thiophene rings is 1. The molecule has 0 atom stereocenters. The second-order valence-electron chi connectivity index (χ2n) is 2.65. The van der Waals surface area contributed by atoms with Crippen LogP contribution >= 0.6 is 27.3 Å². The van der Waals surface area contributed by atoms with E-state index in [1.54, 1.807) is 0 Å². The molecule has 6 heteroatoms. The largest absolute Gasteiger partial charge is 0.325 e. The lowest BCUT2D eigenvalue weighted by Gasteiger charge is -1.92. The van der Waals surface area contributed by atoms with Crippen LogP contribution in [0.1, 0.15) is 0 Å². The minimum Gasteiger partial charge on any atom is -0.258 e. The number of hydrogen-bond acceptors (Lipinski definition) is 3. The Morgan fingerprint density at radius 3 is 2.79 bits per heavy atom. The van der Waals surface area contributed by atoms with Gasteiger partial charge in [0.1, 0.15) is 5.82 Å². The second-order valence-corrected chi connectivity index (χ2v) is 4.53. The van der Waals surface area contributed by atoms with E-state index in [-0.39, 0.29) is 5.00 Å². The van der Waals surface area contributed by atoms with Gasteiger partial charge in [0.25, 0.3) is 0 Å². The molecule has 0 aliphatic carbocycles. The summed E-state index contributed by atoms with van der Waals surface area (Å²) >= 11 is 4.19. The first-order chi connectivity index (χ1) is 6.58. The van der Waals surface area contributed by atoms with Gasteiger partial charge in [-0.15, -0.1) is 0 Å². The summed E-state index contributed by atoms with van der Waals surface area (Å²) in [5, 5.41) is 11.0. The average molecular weight is 276 g/mol. The Bertz CT molecular complexity index is 525. The number of nitrogens with zero attached hydrogens (tertiary/aromatic N) is 1. The normalized spacial score (nSPS) is 10.7. The molecule has 0 aliphatic rings. The topological polar surface area (TPSA) is 43.1 Å². The number of nitro groups is 1. The fraction of sp³-hybridized carbons (Fsp3) is 0. The van der Waals surface area contributed by atoms with E-state index in [1.165, 1.54) is 18.2 Å². The molecule has 1 heterocycles. The van der Waals surface area contributed by atoms with E-state index in [0.717, 1.165) is 11.3 Å². The lowest BCUT2D eigenvalue weighted by Crippen LogP contribution is -1.80. The fourth-order valence-corrected chi connectivity index (χ4v) is 2.70. The van der Waals surface area contributed by atoms with Crippen LogP contribution in [0.15, 0.2) is 22.7 Å². The first-order valence-corrected chi connectivity index (χ1v) is 5.22. The zero-order valence-electron chi connectivity index (χ0n) is 6.66. The van der Waals surface area contributed by atoms with E-state index in [0.29, 0.717) is 14.6 Å². The van der Waals surface area contributed by atoms with Gasteiger partial charge in [0.05, 0.1) is 9.62 Å². The van der Waals surface area contributed by atoms with Gasteiger partial charge in [-0.2, -0.15) is 0 Å². The third-order valence-electron chi connectivity index (χ3n) is 1.70. The van der Waals surface area contributed by atoms with Crippen molar-refractivity contribution < 1.29 is 9.31 Å². The molecule has 0 saturated carbocycles. The molecule has 14 heavy (non-hydrogen) atoms. The maximum absolute atomic E-state index is 12.9. The molecule has 0 aliphatic heterocycles. The molecule has 2 rings (SSSR count). The van der Waals surface area contributed by atoms with E-state index in [2.05, 4.69) is 15.9 Å². The van der Waals surface area contributed by atoms with Crippen LogP contribution in [0.4, 0.5) is 9.39 Å². The second kappa shape index (κ2) is 3.29. The van der Waals surface area contributed by atoms with Crippen molar-refractivity contribution in [3.05, 3.63) is 38.6 Å². The van der Waals surface area contributed by atoms with Gasteiger partial charge in [-0.05, 0) is 28.1 Å². The molecule has 0 fully saturated rings. The Hall–Kier alpha value is -1.01. The van der Waals surface area contributed by atoms with Crippen molar-refractivity contribution in [3.8, 4) is 0 Å². The summed E-state index contributed by atoms with van der Waals surface area (Å²) in [5.74, 6) is -0.405. The Morgan fingerprint density at radius 1 is 1.43 bits per heavy atom. The third-order valence-corrected chi connectivity index (χ3v) is 3.73. The molecule has 0 amide bonds. The molecular formula is C8H3BrFNO2S. The molecule has 0 saturated heterocycles. The van der Waals surface area contributed by atoms with Crippen LogP contribution in [0.2, 0.25) is 0 Å². The van der Waals surface area contributed by atoms with Gasteiger partial charge in [0, 0.05) is 15.9 Å². The van der Waals surface area contributed by atoms with Crippen molar-refractivity contribution in [3.63, 3.8) is 0 Å². The van der Waals surface area contributed by atoms with Crippen LogP contribution in [0.3, 0.4) is 0 Å². The predicted octanol–water partition coefficient (Wildman–Crippen LogP) is 3.71. The van der Waals surface area contributed by atoms with Crippen molar-refractivity contribution >= 4 is 42.4 Å². The number of halogens is 2.